The van der Waals surface area contributed by atoms with E-state index in [0.29, 0.717) is 31.3 Å². The summed E-state index contributed by atoms with van der Waals surface area (Å²) < 4.78 is 5.76. The summed E-state index contributed by atoms with van der Waals surface area (Å²) >= 11 is 6.20. The fraction of sp³-hybridized carbons (Fsp3) is 0.533. The molecule has 2 rings (SSSR count). The van der Waals surface area contributed by atoms with Crippen LogP contribution in [0.4, 0.5) is 0 Å². The number of nitrogens with two attached hydrogens (primary N) is 1. The van der Waals surface area contributed by atoms with Gasteiger partial charge in [-0.2, -0.15) is 0 Å². The Hall–Kier alpha value is -1.10. The fourth-order valence-corrected chi connectivity index (χ4v) is 2.53. The highest BCUT2D eigenvalue weighted by Gasteiger charge is 2.34. The van der Waals surface area contributed by atoms with Crippen molar-refractivity contribution in [1.82, 2.24) is 4.90 Å². The number of halogens is 1. The molecule has 0 radical (unpaired) electrons. The maximum absolute atomic E-state index is 12.5. The second-order valence-corrected chi connectivity index (χ2v) is 6.13. The number of hydrogen-bond acceptors (Lipinski definition) is 3. The van der Waals surface area contributed by atoms with Gasteiger partial charge in [0.15, 0.2) is 0 Å². The van der Waals surface area contributed by atoms with Crippen LogP contribution in [-0.4, -0.2) is 37.0 Å². The topological polar surface area (TPSA) is 55.6 Å². The standard InChI is InChI=1S/C15H21ClN2O2/c1-15(2,10-17)14(19)18-7-8-20-13(9-18)11-5-3-4-6-12(11)16/h3-6,13H,7-10,17H2,1-2H3. The van der Waals surface area contributed by atoms with E-state index in [9.17, 15) is 4.79 Å². The van der Waals surface area contributed by atoms with Crippen molar-refractivity contribution in [3.63, 3.8) is 0 Å². The molecule has 1 amide bonds. The average molecular weight is 297 g/mol. The van der Waals surface area contributed by atoms with Crippen LogP contribution in [0, 0.1) is 5.41 Å². The van der Waals surface area contributed by atoms with Crippen LogP contribution in [0.2, 0.25) is 5.02 Å². The molecule has 0 bridgehead atoms. The molecule has 1 aromatic carbocycles. The highest BCUT2D eigenvalue weighted by atomic mass is 35.5. The third kappa shape index (κ3) is 3.14. The molecule has 1 aliphatic heterocycles. The van der Waals surface area contributed by atoms with Crippen molar-refractivity contribution in [3.05, 3.63) is 34.9 Å². The minimum absolute atomic E-state index is 0.0698. The Labute approximate surface area is 124 Å². The summed E-state index contributed by atoms with van der Waals surface area (Å²) in [6.07, 6.45) is -0.171. The van der Waals surface area contributed by atoms with Gasteiger partial charge in [0.2, 0.25) is 5.91 Å². The van der Waals surface area contributed by atoms with Gasteiger partial charge in [0, 0.05) is 23.7 Å². The molecule has 1 fully saturated rings. The largest absolute Gasteiger partial charge is 0.370 e. The summed E-state index contributed by atoms with van der Waals surface area (Å²) in [5.41, 5.74) is 6.07. The minimum Gasteiger partial charge on any atom is -0.370 e. The molecule has 1 saturated heterocycles. The van der Waals surface area contributed by atoms with E-state index in [0.717, 1.165) is 5.56 Å². The molecule has 1 aliphatic rings. The average Bonchev–Trinajstić information content (AvgIpc) is 2.47. The van der Waals surface area contributed by atoms with Crippen molar-refractivity contribution in [2.75, 3.05) is 26.2 Å². The third-order valence-corrected chi connectivity index (χ3v) is 4.04. The van der Waals surface area contributed by atoms with Gasteiger partial charge in [-0.25, -0.2) is 0 Å². The molecular formula is C15H21ClN2O2. The van der Waals surface area contributed by atoms with Crippen LogP contribution in [0.5, 0.6) is 0 Å². The van der Waals surface area contributed by atoms with Crippen molar-refractivity contribution < 1.29 is 9.53 Å². The molecule has 0 spiro atoms. The number of carbonyl (C=O) groups is 1. The lowest BCUT2D eigenvalue weighted by Crippen LogP contribution is -2.49. The van der Waals surface area contributed by atoms with Gasteiger partial charge in [0.1, 0.15) is 6.10 Å². The van der Waals surface area contributed by atoms with Gasteiger partial charge >= 0.3 is 0 Å². The first-order valence-electron chi connectivity index (χ1n) is 6.81. The van der Waals surface area contributed by atoms with Gasteiger partial charge in [-0.05, 0) is 19.9 Å². The Morgan fingerprint density at radius 2 is 2.20 bits per heavy atom. The van der Waals surface area contributed by atoms with Gasteiger partial charge in [-0.3, -0.25) is 4.79 Å². The molecule has 0 saturated carbocycles. The number of rotatable bonds is 3. The maximum Gasteiger partial charge on any atom is 0.229 e. The number of benzene rings is 1. The van der Waals surface area contributed by atoms with Gasteiger partial charge in [-0.15, -0.1) is 0 Å². The minimum atomic E-state index is -0.539. The van der Waals surface area contributed by atoms with Crippen molar-refractivity contribution in [2.24, 2.45) is 11.1 Å². The van der Waals surface area contributed by atoms with E-state index in [2.05, 4.69) is 0 Å². The van der Waals surface area contributed by atoms with E-state index in [1.165, 1.54) is 0 Å². The molecule has 4 nitrogen and oxygen atoms in total. The molecule has 20 heavy (non-hydrogen) atoms. The van der Waals surface area contributed by atoms with Crippen molar-refractivity contribution in [2.45, 2.75) is 20.0 Å². The number of carbonyl (C=O) groups excluding carboxylic acids is 1. The number of morpholine rings is 1. The smallest absolute Gasteiger partial charge is 0.229 e. The second-order valence-electron chi connectivity index (χ2n) is 5.72. The zero-order chi connectivity index (χ0) is 14.8. The van der Waals surface area contributed by atoms with Crippen LogP contribution >= 0.6 is 11.6 Å². The lowest BCUT2D eigenvalue weighted by atomic mass is 9.91. The van der Waals surface area contributed by atoms with Crippen molar-refractivity contribution in [3.8, 4) is 0 Å². The Morgan fingerprint density at radius 3 is 2.85 bits per heavy atom. The summed E-state index contributed by atoms with van der Waals surface area (Å²) in [5, 5.41) is 0.671. The summed E-state index contributed by atoms with van der Waals surface area (Å²) in [5.74, 6) is 0.0698. The predicted molar refractivity (Wildman–Crippen MR) is 79.6 cm³/mol. The van der Waals surface area contributed by atoms with Crippen molar-refractivity contribution in [1.29, 1.82) is 0 Å². The van der Waals surface area contributed by atoms with Gasteiger partial charge < -0.3 is 15.4 Å². The van der Waals surface area contributed by atoms with Crippen LogP contribution in [0.15, 0.2) is 24.3 Å². The summed E-state index contributed by atoms with van der Waals surface area (Å²) in [6.45, 7) is 5.71. The third-order valence-electron chi connectivity index (χ3n) is 3.70. The molecule has 2 N–H and O–H groups in total. The van der Waals surface area contributed by atoms with Crippen LogP contribution in [0.25, 0.3) is 0 Å². The number of ether oxygens (including phenoxy) is 1. The zero-order valence-electron chi connectivity index (χ0n) is 11.9. The zero-order valence-corrected chi connectivity index (χ0v) is 12.7. The molecule has 1 aromatic rings. The monoisotopic (exact) mass is 296 g/mol. The van der Waals surface area contributed by atoms with Gasteiger partial charge in [0.25, 0.3) is 0 Å². The Balaban J connectivity index is 2.14. The van der Waals surface area contributed by atoms with E-state index in [1.807, 2.05) is 43.0 Å². The molecular weight excluding hydrogens is 276 g/mol. The molecule has 0 aromatic heterocycles. The lowest BCUT2D eigenvalue weighted by Gasteiger charge is -2.37. The van der Waals surface area contributed by atoms with E-state index >= 15 is 0 Å². The first-order chi connectivity index (χ1) is 9.45. The van der Waals surface area contributed by atoms with E-state index in [1.54, 1.807) is 0 Å². The number of amides is 1. The highest BCUT2D eigenvalue weighted by Crippen LogP contribution is 2.29. The molecule has 0 aliphatic carbocycles. The van der Waals surface area contributed by atoms with Crippen molar-refractivity contribution >= 4 is 17.5 Å². The van der Waals surface area contributed by atoms with E-state index < -0.39 is 5.41 Å². The van der Waals surface area contributed by atoms with Gasteiger partial charge in [0.05, 0.1) is 18.6 Å². The second kappa shape index (κ2) is 6.12. The number of hydrogen-bond donors (Lipinski definition) is 1. The van der Waals surface area contributed by atoms with Crippen LogP contribution < -0.4 is 5.73 Å². The highest BCUT2D eigenvalue weighted by molar-refractivity contribution is 6.31. The van der Waals surface area contributed by atoms with Crippen LogP contribution in [0.1, 0.15) is 25.5 Å². The fourth-order valence-electron chi connectivity index (χ4n) is 2.27. The van der Waals surface area contributed by atoms with Crippen LogP contribution in [-0.2, 0) is 9.53 Å². The maximum atomic E-state index is 12.5. The first kappa shape index (κ1) is 15.3. The Bertz CT molecular complexity index is 491. The molecule has 5 heteroatoms. The predicted octanol–water partition coefficient (Wildman–Crippen LogP) is 2.22. The normalized spacial score (nSPS) is 20.0. The summed E-state index contributed by atoms with van der Waals surface area (Å²) in [7, 11) is 0. The van der Waals surface area contributed by atoms with Gasteiger partial charge in [-0.1, -0.05) is 29.8 Å². The lowest BCUT2D eigenvalue weighted by molar-refractivity contribution is -0.147. The SMILES string of the molecule is CC(C)(CN)C(=O)N1CCOC(c2ccccc2Cl)C1. The van der Waals surface area contributed by atoms with E-state index in [4.69, 9.17) is 22.1 Å². The first-order valence-corrected chi connectivity index (χ1v) is 7.19. The van der Waals surface area contributed by atoms with E-state index in [-0.39, 0.29) is 12.0 Å². The molecule has 1 heterocycles. The summed E-state index contributed by atoms with van der Waals surface area (Å²) in [4.78, 5) is 14.3. The molecule has 1 atom stereocenters. The quantitative estimate of drug-likeness (QED) is 0.930. The molecule has 1 unspecified atom stereocenters. The Kier molecular flexibility index (Phi) is 4.68. The summed E-state index contributed by atoms with van der Waals surface area (Å²) in [6, 6.07) is 7.59. The molecule has 110 valence electrons. The number of nitrogens with zero attached hydrogens (tertiary/aromatic N) is 1. The Morgan fingerprint density at radius 1 is 1.50 bits per heavy atom. The van der Waals surface area contributed by atoms with Crippen LogP contribution in [0.3, 0.4) is 0 Å².